The van der Waals surface area contributed by atoms with E-state index >= 15 is 0 Å². The first kappa shape index (κ1) is 21.4. The van der Waals surface area contributed by atoms with Gasteiger partial charge in [-0.2, -0.15) is 0 Å². The van der Waals surface area contributed by atoms with Gasteiger partial charge >= 0.3 is 0 Å². The van der Waals surface area contributed by atoms with E-state index in [0.29, 0.717) is 12.3 Å². The third kappa shape index (κ3) is 5.17. The van der Waals surface area contributed by atoms with Crippen LogP contribution in [0.4, 0.5) is 5.69 Å². The number of methoxy groups -OCH3 is 1. The number of nitrogens with zero attached hydrogens (tertiary/aromatic N) is 1. The largest absolute Gasteiger partial charge is 0.497 e. The molecule has 7 nitrogen and oxygen atoms in total. The SMILES string of the molecule is COc1ccc(N2CC(C(=O)NC(C)C(=O)NCc3ccc(C)cc3)CC2=O)cc1. The summed E-state index contributed by atoms with van der Waals surface area (Å²) < 4.78 is 5.13. The molecule has 1 aliphatic rings. The zero-order chi connectivity index (χ0) is 21.7. The summed E-state index contributed by atoms with van der Waals surface area (Å²) in [6.07, 6.45) is 0.121. The van der Waals surface area contributed by atoms with Gasteiger partial charge in [0.25, 0.3) is 0 Å². The Morgan fingerprint density at radius 3 is 2.43 bits per heavy atom. The van der Waals surface area contributed by atoms with Crippen LogP contribution in [0.25, 0.3) is 0 Å². The first-order chi connectivity index (χ1) is 14.4. The number of carbonyl (C=O) groups excluding carboxylic acids is 3. The van der Waals surface area contributed by atoms with Gasteiger partial charge in [0.15, 0.2) is 0 Å². The molecule has 0 aliphatic carbocycles. The minimum atomic E-state index is -0.687. The summed E-state index contributed by atoms with van der Waals surface area (Å²) in [5.74, 6) is -0.466. The molecule has 2 N–H and O–H groups in total. The Morgan fingerprint density at radius 1 is 1.13 bits per heavy atom. The predicted octanol–water partition coefficient (Wildman–Crippen LogP) is 2.18. The molecule has 1 aliphatic heterocycles. The topological polar surface area (TPSA) is 87.7 Å². The number of rotatable bonds is 7. The van der Waals surface area contributed by atoms with E-state index in [2.05, 4.69) is 10.6 Å². The van der Waals surface area contributed by atoms with Crippen molar-refractivity contribution in [2.75, 3.05) is 18.6 Å². The Labute approximate surface area is 176 Å². The van der Waals surface area contributed by atoms with Gasteiger partial charge in [0.1, 0.15) is 11.8 Å². The highest BCUT2D eigenvalue weighted by molar-refractivity contribution is 6.01. The molecule has 1 heterocycles. The quantitative estimate of drug-likeness (QED) is 0.734. The summed E-state index contributed by atoms with van der Waals surface area (Å²) in [5, 5.41) is 5.55. The molecule has 158 valence electrons. The minimum Gasteiger partial charge on any atom is -0.497 e. The predicted molar refractivity (Wildman–Crippen MR) is 114 cm³/mol. The maximum atomic E-state index is 12.6. The van der Waals surface area contributed by atoms with E-state index in [0.717, 1.165) is 16.8 Å². The fourth-order valence-corrected chi connectivity index (χ4v) is 3.34. The first-order valence-electron chi connectivity index (χ1n) is 9.95. The van der Waals surface area contributed by atoms with E-state index in [1.54, 1.807) is 43.2 Å². The maximum absolute atomic E-state index is 12.6. The molecule has 3 amide bonds. The van der Waals surface area contributed by atoms with Gasteiger partial charge in [-0.25, -0.2) is 0 Å². The van der Waals surface area contributed by atoms with Crippen LogP contribution in [0.1, 0.15) is 24.5 Å². The summed E-state index contributed by atoms with van der Waals surface area (Å²) in [6, 6.07) is 14.3. The molecular formula is C23H27N3O4. The van der Waals surface area contributed by atoms with Crippen LogP contribution in [0.2, 0.25) is 0 Å². The molecule has 0 aromatic heterocycles. The lowest BCUT2D eigenvalue weighted by Gasteiger charge is -2.18. The van der Waals surface area contributed by atoms with Crippen molar-refractivity contribution >= 4 is 23.4 Å². The normalized spacial score (nSPS) is 16.8. The van der Waals surface area contributed by atoms with Crippen LogP contribution in [0.15, 0.2) is 48.5 Å². The van der Waals surface area contributed by atoms with Gasteiger partial charge in [-0.1, -0.05) is 29.8 Å². The number of aryl methyl sites for hydroxylation is 1. The van der Waals surface area contributed by atoms with Gasteiger partial charge in [-0.15, -0.1) is 0 Å². The lowest BCUT2D eigenvalue weighted by Crippen LogP contribution is -2.46. The molecule has 2 atom stereocenters. The second kappa shape index (κ2) is 9.43. The molecule has 2 aromatic carbocycles. The van der Waals surface area contributed by atoms with Crippen molar-refractivity contribution in [2.45, 2.75) is 32.9 Å². The van der Waals surface area contributed by atoms with Crippen LogP contribution in [0.3, 0.4) is 0 Å². The highest BCUT2D eigenvalue weighted by Gasteiger charge is 2.36. The van der Waals surface area contributed by atoms with Crippen molar-refractivity contribution < 1.29 is 19.1 Å². The van der Waals surface area contributed by atoms with Crippen LogP contribution in [0.5, 0.6) is 5.75 Å². The number of amides is 3. The standard InChI is InChI=1S/C23H27N3O4/c1-15-4-6-17(7-5-15)13-24-22(28)16(2)25-23(29)18-12-21(27)26(14-18)19-8-10-20(30-3)11-9-19/h4-11,16,18H,12-14H2,1-3H3,(H,24,28)(H,25,29). The molecule has 7 heteroatoms. The zero-order valence-corrected chi connectivity index (χ0v) is 17.5. The van der Waals surface area contributed by atoms with E-state index in [1.807, 2.05) is 31.2 Å². The number of nitrogens with one attached hydrogen (secondary N) is 2. The molecule has 0 radical (unpaired) electrons. The van der Waals surface area contributed by atoms with Crippen molar-refractivity contribution in [1.29, 1.82) is 0 Å². The summed E-state index contributed by atoms with van der Waals surface area (Å²) in [6.45, 7) is 4.32. The number of ether oxygens (including phenoxy) is 1. The maximum Gasteiger partial charge on any atom is 0.242 e. The molecule has 2 aromatic rings. The van der Waals surface area contributed by atoms with Crippen molar-refractivity contribution in [2.24, 2.45) is 5.92 Å². The molecule has 0 bridgehead atoms. The van der Waals surface area contributed by atoms with E-state index in [9.17, 15) is 14.4 Å². The fourth-order valence-electron chi connectivity index (χ4n) is 3.34. The van der Waals surface area contributed by atoms with Gasteiger partial charge in [0.2, 0.25) is 17.7 Å². The highest BCUT2D eigenvalue weighted by atomic mass is 16.5. The molecule has 3 rings (SSSR count). The van der Waals surface area contributed by atoms with Crippen molar-refractivity contribution in [3.05, 3.63) is 59.7 Å². The fraction of sp³-hybridized carbons (Fsp3) is 0.348. The second-order valence-corrected chi connectivity index (χ2v) is 7.54. The summed E-state index contributed by atoms with van der Waals surface area (Å²) in [4.78, 5) is 38.9. The lowest BCUT2D eigenvalue weighted by atomic mass is 10.1. The molecule has 1 fully saturated rings. The average molecular weight is 409 g/mol. The molecular weight excluding hydrogens is 382 g/mol. The monoisotopic (exact) mass is 409 g/mol. The molecule has 30 heavy (non-hydrogen) atoms. The van der Waals surface area contributed by atoms with Gasteiger partial charge in [-0.3, -0.25) is 14.4 Å². The summed E-state index contributed by atoms with van der Waals surface area (Å²) >= 11 is 0. The lowest BCUT2D eigenvalue weighted by molar-refractivity contribution is -0.131. The van der Waals surface area contributed by atoms with Crippen LogP contribution >= 0.6 is 0 Å². The molecule has 2 unspecified atom stereocenters. The van der Waals surface area contributed by atoms with E-state index in [1.165, 1.54) is 0 Å². The van der Waals surface area contributed by atoms with Crippen molar-refractivity contribution in [1.82, 2.24) is 10.6 Å². The molecule has 0 saturated carbocycles. The van der Waals surface area contributed by atoms with Gasteiger partial charge in [0.05, 0.1) is 13.0 Å². The molecule has 1 saturated heterocycles. The third-order valence-corrected chi connectivity index (χ3v) is 5.22. The Bertz CT molecular complexity index is 909. The van der Waals surface area contributed by atoms with Crippen molar-refractivity contribution in [3.8, 4) is 5.75 Å². The third-order valence-electron chi connectivity index (χ3n) is 5.22. The molecule has 0 spiro atoms. The number of carbonyl (C=O) groups is 3. The van der Waals surface area contributed by atoms with E-state index in [4.69, 9.17) is 4.74 Å². The number of hydrogen-bond donors (Lipinski definition) is 2. The Balaban J connectivity index is 1.51. The smallest absolute Gasteiger partial charge is 0.242 e. The number of hydrogen-bond acceptors (Lipinski definition) is 4. The van der Waals surface area contributed by atoms with Crippen LogP contribution in [-0.2, 0) is 20.9 Å². The van der Waals surface area contributed by atoms with E-state index in [-0.39, 0.29) is 30.7 Å². The minimum absolute atomic E-state index is 0.114. The van der Waals surface area contributed by atoms with E-state index < -0.39 is 12.0 Å². The highest BCUT2D eigenvalue weighted by Crippen LogP contribution is 2.27. The average Bonchev–Trinajstić information content (AvgIpc) is 3.15. The van der Waals surface area contributed by atoms with Crippen LogP contribution in [0, 0.1) is 12.8 Å². The first-order valence-corrected chi connectivity index (χ1v) is 9.95. The zero-order valence-electron chi connectivity index (χ0n) is 17.5. The second-order valence-electron chi connectivity index (χ2n) is 7.54. The number of benzene rings is 2. The summed E-state index contributed by atoms with van der Waals surface area (Å²) in [7, 11) is 1.58. The number of anilines is 1. The van der Waals surface area contributed by atoms with Gasteiger partial charge in [0, 0.05) is 25.2 Å². The van der Waals surface area contributed by atoms with Crippen LogP contribution in [-0.4, -0.2) is 37.4 Å². The summed E-state index contributed by atoms with van der Waals surface area (Å²) in [5.41, 5.74) is 2.87. The van der Waals surface area contributed by atoms with Gasteiger partial charge in [-0.05, 0) is 43.7 Å². The Kier molecular flexibility index (Phi) is 6.72. The Morgan fingerprint density at radius 2 is 1.80 bits per heavy atom. The van der Waals surface area contributed by atoms with Crippen molar-refractivity contribution in [3.63, 3.8) is 0 Å². The Hall–Kier alpha value is -3.35. The van der Waals surface area contributed by atoms with Crippen LogP contribution < -0.4 is 20.3 Å². The van der Waals surface area contributed by atoms with Gasteiger partial charge < -0.3 is 20.3 Å².